The van der Waals surface area contributed by atoms with Crippen molar-refractivity contribution in [3.05, 3.63) is 71.0 Å². The monoisotopic (exact) mass is 477 g/mol. The van der Waals surface area contributed by atoms with Gasteiger partial charge in [0.2, 0.25) is 5.76 Å². The summed E-state index contributed by atoms with van der Waals surface area (Å²) >= 11 is 1.90. The first-order valence-electron chi connectivity index (χ1n) is 12.4. The van der Waals surface area contributed by atoms with Crippen LogP contribution >= 0.6 is 11.8 Å². The maximum absolute atomic E-state index is 13.0. The molecule has 0 radical (unpaired) electrons. The maximum atomic E-state index is 13.0. The van der Waals surface area contributed by atoms with Gasteiger partial charge in [0.25, 0.3) is 5.91 Å². The van der Waals surface area contributed by atoms with Crippen molar-refractivity contribution >= 4 is 34.6 Å². The lowest BCUT2D eigenvalue weighted by Crippen LogP contribution is -2.34. The van der Waals surface area contributed by atoms with Gasteiger partial charge in [0.1, 0.15) is 5.58 Å². The number of esters is 1. The zero-order chi connectivity index (χ0) is 23.3. The smallest absolute Gasteiger partial charge is 0.375 e. The standard InChI is InChI=1S/C28H31NO4S/c30-26(29-24-15-8-10-19-9-4-5-13-21(19)24)17-32-28(31)27-23(18-34-20-11-2-1-3-12-20)22-14-6-7-16-25(22)33-27/h4-7,9,13-14,16,20,24H,1-3,8,10-12,15,17-18H2,(H,29,30). The van der Waals surface area contributed by atoms with Crippen LogP contribution < -0.4 is 5.32 Å². The molecule has 1 saturated carbocycles. The predicted molar refractivity (Wildman–Crippen MR) is 135 cm³/mol. The minimum atomic E-state index is -0.574. The topological polar surface area (TPSA) is 68.5 Å². The number of ether oxygens (including phenoxy) is 1. The Morgan fingerprint density at radius 3 is 2.65 bits per heavy atom. The van der Waals surface area contributed by atoms with Crippen LogP contribution in [0.4, 0.5) is 0 Å². The molecular formula is C28H31NO4S. The SMILES string of the molecule is O=C(COC(=O)c1oc2ccccc2c1CSC1CCCCC1)NC1CCCc2ccccc21. The number of nitrogens with one attached hydrogen (secondary N) is 1. The van der Waals surface area contributed by atoms with E-state index in [0.717, 1.165) is 35.8 Å². The van der Waals surface area contributed by atoms with E-state index in [0.29, 0.717) is 16.6 Å². The number of rotatable bonds is 7. The lowest BCUT2D eigenvalue weighted by molar-refractivity contribution is -0.125. The Labute approximate surface area is 204 Å². The second kappa shape index (κ2) is 10.7. The Morgan fingerprint density at radius 2 is 1.76 bits per heavy atom. The van der Waals surface area contributed by atoms with Crippen LogP contribution in [0.1, 0.15) is 78.2 Å². The number of thioether (sulfide) groups is 1. The van der Waals surface area contributed by atoms with Gasteiger partial charge in [0.15, 0.2) is 6.61 Å². The fourth-order valence-electron chi connectivity index (χ4n) is 5.18. The van der Waals surface area contributed by atoms with Crippen LogP contribution in [0.25, 0.3) is 11.0 Å². The van der Waals surface area contributed by atoms with Crippen LogP contribution in [0.3, 0.4) is 0 Å². The van der Waals surface area contributed by atoms with E-state index in [-0.39, 0.29) is 24.3 Å². The zero-order valence-corrected chi connectivity index (χ0v) is 20.2. The minimum absolute atomic E-state index is 0.0372. The molecule has 2 aliphatic rings. The number of hydrogen-bond donors (Lipinski definition) is 1. The third kappa shape index (κ3) is 5.17. The highest BCUT2D eigenvalue weighted by atomic mass is 32.2. The van der Waals surface area contributed by atoms with E-state index in [1.54, 1.807) is 0 Å². The summed E-state index contributed by atoms with van der Waals surface area (Å²) in [4.78, 5) is 25.6. The molecule has 2 aromatic carbocycles. The molecule has 1 fully saturated rings. The normalized spacial score (nSPS) is 18.4. The largest absolute Gasteiger partial charge is 0.450 e. The summed E-state index contributed by atoms with van der Waals surface area (Å²) in [5, 5.41) is 4.61. The van der Waals surface area contributed by atoms with Gasteiger partial charge in [-0.2, -0.15) is 11.8 Å². The van der Waals surface area contributed by atoms with Crippen LogP contribution in [0.5, 0.6) is 0 Å². The number of carbonyl (C=O) groups is 2. The molecule has 178 valence electrons. The molecular weight excluding hydrogens is 446 g/mol. The molecule has 5 rings (SSSR count). The van der Waals surface area contributed by atoms with Crippen LogP contribution in [0.2, 0.25) is 0 Å². The second-order valence-electron chi connectivity index (χ2n) is 9.26. The average molecular weight is 478 g/mol. The van der Waals surface area contributed by atoms with Crippen molar-refractivity contribution in [3.63, 3.8) is 0 Å². The van der Waals surface area contributed by atoms with E-state index >= 15 is 0 Å². The number of hydrogen-bond acceptors (Lipinski definition) is 5. The molecule has 3 aromatic rings. The number of para-hydroxylation sites is 1. The fraction of sp³-hybridized carbons (Fsp3) is 0.429. The van der Waals surface area contributed by atoms with E-state index in [1.807, 2.05) is 48.2 Å². The molecule has 0 saturated heterocycles. The van der Waals surface area contributed by atoms with Crippen LogP contribution in [-0.2, 0) is 21.7 Å². The fourth-order valence-corrected chi connectivity index (χ4v) is 6.53. The van der Waals surface area contributed by atoms with Crippen LogP contribution in [-0.4, -0.2) is 23.7 Å². The molecule has 1 amide bonds. The first-order chi connectivity index (χ1) is 16.7. The summed E-state index contributed by atoms with van der Waals surface area (Å²) in [5.74, 6) is 0.0659. The number of carbonyl (C=O) groups excluding carboxylic acids is 2. The van der Waals surface area contributed by atoms with Crippen LogP contribution in [0.15, 0.2) is 52.9 Å². The van der Waals surface area contributed by atoms with Gasteiger partial charge in [-0.05, 0) is 49.3 Å². The van der Waals surface area contributed by atoms with E-state index < -0.39 is 5.97 Å². The summed E-state index contributed by atoms with van der Waals surface area (Å²) in [6.45, 7) is -0.316. The zero-order valence-electron chi connectivity index (χ0n) is 19.4. The molecule has 0 bridgehead atoms. The van der Waals surface area contributed by atoms with E-state index in [2.05, 4.69) is 17.4 Å². The van der Waals surface area contributed by atoms with Gasteiger partial charge in [-0.3, -0.25) is 4.79 Å². The van der Waals surface area contributed by atoms with Crippen molar-refractivity contribution < 1.29 is 18.7 Å². The highest BCUT2D eigenvalue weighted by Gasteiger charge is 2.25. The van der Waals surface area contributed by atoms with E-state index in [4.69, 9.17) is 9.15 Å². The average Bonchev–Trinajstić information content (AvgIpc) is 3.25. The van der Waals surface area contributed by atoms with Crippen LogP contribution in [0, 0.1) is 0 Å². The first-order valence-corrected chi connectivity index (χ1v) is 13.4. The van der Waals surface area contributed by atoms with Gasteiger partial charge in [-0.1, -0.05) is 61.7 Å². The summed E-state index contributed by atoms with van der Waals surface area (Å²) in [6, 6.07) is 15.9. The second-order valence-corrected chi connectivity index (χ2v) is 10.6. The molecule has 1 atom stereocenters. The van der Waals surface area contributed by atoms with E-state index in [1.165, 1.54) is 37.7 Å². The Kier molecular flexibility index (Phi) is 7.24. The first kappa shape index (κ1) is 23.0. The van der Waals surface area contributed by atoms with Gasteiger partial charge >= 0.3 is 5.97 Å². The Morgan fingerprint density at radius 1 is 0.971 bits per heavy atom. The summed E-state index contributed by atoms with van der Waals surface area (Å²) in [6.07, 6.45) is 9.28. The molecule has 1 aromatic heterocycles. The molecule has 2 aliphatic carbocycles. The van der Waals surface area contributed by atoms with E-state index in [9.17, 15) is 9.59 Å². The molecule has 5 nitrogen and oxygen atoms in total. The van der Waals surface area contributed by atoms with Crippen molar-refractivity contribution in [3.8, 4) is 0 Å². The van der Waals surface area contributed by atoms with Gasteiger partial charge in [-0.15, -0.1) is 0 Å². The van der Waals surface area contributed by atoms with Gasteiger partial charge in [-0.25, -0.2) is 4.79 Å². The molecule has 6 heteroatoms. The highest BCUT2D eigenvalue weighted by molar-refractivity contribution is 7.99. The van der Waals surface area contributed by atoms with Gasteiger partial charge in [0, 0.05) is 22.0 Å². The van der Waals surface area contributed by atoms with Gasteiger partial charge < -0.3 is 14.5 Å². The number of amides is 1. The molecule has 0 aliphatic heterocycles. The van der Waals surface area contributed by atoms with Crippen molar-refractivity contribution in [2.75, 3.05) is 6.61 Å². The minimum Gasteiger partial charge on any atom is -0.450 e. The summed E-state index contributed by atoms with van der Waals surface area (Å²) in [7, 11) is 0. The van der Waals surface area contributed by atoms with Crippen molar-refractivity contribution in [2.24, 2.45) is 0 Å². The summed E-state index contributed by atoms with van der Waals surface area (Å²) < 4.78 is 11.3. The lowest BCUT2D eigenvalue weighted by Gasteiger charge is -2.26. The maximum Gasteiger partial charge on any atom is 0.375 e. The molecule has 1 unspecified atom stereocenters. The molecule has 1 N–H and O–H groups in total. The number of fused-ring (bicyclic) bond motifs is 2. The number of furan rings is 1. The predicted octanol–water partition coefficient (Wildman–Crippen LogP) is 6.35. The Balaban J connectivity index is 1.24. The van der Waals surface area contributed by atoms with Crippen molar-refractivity contribution in [1.82, 2.24) is 5.32 Å². The van der Waals surface area contributed by atoms with Gasteiger partial charge in [0.05, 0.1) is 6.04 Å². The highest BCUT2D eigenvalue weighted by Crippen LogP contribution is 2.35. The third-order valence-electron chi connectivity index (χ3n) is 6.94. The van der Waals surface area contributed by atoms with Crippen molar-refractivity contribution in [2.45, 2.75) is 68.4 Å². The molecule has 1 heterocycles. The van der Waals surface area contributed by atoms with Crippen molar-refractivity contribution in [1.29, 1.82) is 0 Å². The number of benzene rings is 2. The third-order valence-corrected chi connectivity index (χ3v) is 8.34. The quantitative estimate of drug-likeness (QED) is 0.402. The lowest BCUT2D eigenvalue weighted by atomic mass is 9.88. The Bertz CT molecular complexity index is 1160. The summed E-state index contributed by atoms with van der Waals surface area (Å²) in [5.41, 5.74) is 3.99. The molecule has 34 heavy (non-hydrogen) atoms. The number of aryl methyl sites for hydroxylation is 1. The molecule has 0 spiro atoms. The Hall–Kier alpha value is -2.73.